The molecule has 2 rings (SSSR count). The van der Waals surface area contributed by atoms with Crippen molar-refractivity contribution >= 4 is 11.0 Å². The SMILES string of the molecule is NCCCCCCc1nc2ccc(O)cc2[nH]1. The fourth-order valence-electron chi connectivity index (χ4n) is 1.96. The molecule has 0 atom stereocenters. The first-order chi connectivity index (χ1) is 8.29. The molecule has 17 heavy (non-hydrogen) atoms. The number of aryl methyl sites for hydroxylation is 1. The lowest BCUT2D eigenvalue weighted by Gasteiger charge is -1.97. The van der Waals surface area contributed by atoms with Crippen LogP contribution in [-0.2, 0) is 6.42 Å². The van der Waals surface area contributed by atoms with E-state index in [1.54, 1.807) is 12.1 Å². The molecule has 0 amide bonds. The summed E-state index contributed by atoms with van der Waals surface area (Å²) in [6.07, 6.45) is 5.58. The fourth-order valence-corrected chi connectivity index (χ4v) is 1.96. The van der Waals surface area contributed by atoms with Crippen molar-refractivity contribution in [3.8, 4) is 5.75 Å². The molecular formula is C13H19N3O. The molecule has 0 bridgehead atoms. The van der Waals surface area contributed by atoms with Crippen LogP contribution in [0, 0.1) is 0 Å². The molecule has 0 aliphatic rings. The highest BCUT2D eigenvalue weighted by atomic mass is 16.3. The van der Waals surface area contributed by atoms with Gasteiger partial charge in [-0.05, 0) is 31.5 Å². The van der Waals surface area contributed by atoms with Gasteiger partial charge in [0, 0.05) is 12.5 Å². The number of phenols is 1. The monoisotopic (exact) mass is 233 g/mol. The lowest BCUT2D eigenvalue weighted by Crippen LogP contribution is -1.98. The highest BCUT2D eigenvalue weighted by Gasteiger charge is 2.03. The minimum Gasteiger partial charge on any atom is -0.508 e. The molecule has 1 heterocycles. The van der Waals surface area contributed by atoms with Gasteiger partial charge in [-0.15, -0.1) is 0 Å². The Morgan fingerprint density at radius 1 is 1.18 bits per heavy atom. The van der Waals surface area contributed by atoms with E-state index < -0.39 is 0 Å². The van der Waals surface area contributed by atoms with E-state index in [2.05, 4.69) is 9.97 Å². The first kappa shape index (κ1) is 11.9. The molecule has 92 valence electrons. The number of nitrogens with one attached hydrogen (secondary N) is 1. The molecule has 0 fully saturated rings. The second-order valence-corrected chi connectivity index (χ2v) is 4.34. The zero-order valence-electron chi connectivity index (χ0n) is 9.95. The van der Waals surface area contributed by atoms with E-state index in [0.29, 0.717) is 0 Å². The maximum absolute atomic E-state index is 9.35. The summed E-state index contributed by atoms with van der Waals surface area (Å²) in [6.45, 7) is 0.782. The van der Waals surface area contributed by atoms with Crippen LogP contribution < -0.4 is 5.73 Å². The third-order valence-electron chi connectivity index (χ3n) is 2.88. The van der Waals surface area contributed by atoms with Crippen molar-refractivity contribution in [2.75, 3.05) is 6.54 Å². The van der Waals surface area contributed by atoms with Crippen LogP contribution in [0.5, 0.6) is 5.75 Å². The van der Waals surface area contributed by atoms with Gasteiger partial charge < -0.3 is 15.8 Å². The number of imidazole rings is 1. The van der Waals surface area contributed by atoms with Gasteiger partial charge in [-0.1, -0.05) is 12.8 Å². The number of rotatable bonds is 6. The van der Waals surface area contributed by atoms with Crippen molar-refractivity contribution in [3.63, 3.8) is 0 Å². The predicted molar refractivity (Wildman–Crippen MR) is 69.0 cm³/mol. The fraction of sp³-hybridized carbons (Fsp3) is 0.462. The number of hydrogen-bond donors (Lipinski definition) is 3. The van der Waals surface area contributed by atoms with Crippen molar-refractivity contribution in [2.24, 2.45) is 5.73 Å². The Labute approximate surface area is 101 Å². The van der Waals surface area contributed by atoms with Crippen LogP contribution in [-0.4, -0.2) is 21.6 Å². The summed E-state index contributed by atoms with van der Waals surface area (Å²) in [5.74, 6) is 1.27. The van der Waals surface area contributed by atoms with E-state index >= 15 is 0 Å². The minimum atomic E-state index is 0.274. The lowest BCUT2D eigenvalue weighted by molar-refractivity contribution is 0.476. The summed E-state index contributed by atoms with van der Waals surface area (Å²) in [4.78, 5) is 7.71. The number of hydrogen-bond acceptors (Lipinski definition) is 3. The zero-order chi connectivity index (χ0) is 12.1. The predicted octanol–water partition coefficient (Wildman–Crippen LogP) is 2.33. The van der Waals surface area contributed by atoms with Crippen molar-refractivity contribution < 1.29 is 5.11 Å². The summed E-state index contributed by atoms with van der Waals surface area (Å²) in [5, 5.41) is 9.35. The van der Waals surface area contributed by atoms with Crippen LogP contribution >= 0.6 is 0 Å². The van der Waals surface area contributed by atoms with Crippen LogP contribution in [0.15, 0.2) is 18.2 Å². The molecular weight excluding hydrogens is 214 g/mol. The topological polar surface area (TPSA) is 74.9 Å². The number of unbranched alkanes of at least 4 members (excludes halogenated alkanes) is 3. The molecule has 0 aliphatic carbocycles. The van der Waals surface area contributed by atoms with Crippen molar-refractivity contribution in [1.29, 1.82) is 0 Å². The number of benzene rings is 1. The summed E-state index contributed by atoms with van der Waals surface area (Å²) < 4.78 is 0. The van der Waals surface area contributed by atoms with Gasteiger partial charge in [-0.25, -0.2) is 4.98 Å². The van der Waals surface area contributed by atoms with Crippen molar-refractivity contribution in [3.05, 3.63) is 24.0 Å². The highest BCUT2D eigenvalue weighted by molar-refractivity contribution is 5.76. The second-order valence-electron chi connectivity index (χ2n) is 4.34. The van der Waals surface area contributed by atoms with E-state index in [-0.39, 0.29) is 5.75 Å². The number of nitrogens with zero attached hydrogens (tertiary/aromatic N) is 1. The van der Waals surface area contributed by atoms with Gasteiger partial charge in [0.2, 0.25) is 0 Å². The maximum Gasteiger partial charge on any atom is 0.117 e. The maximum atomic E-state index is 9.35. The molecule has 4 N–H and O–H groups in total. The van der Waals surface area contributed by atoms with Crippen LogP contribution in [0.25, 0.3) is 11.0 Å². The van der Waals surface area contributed by atoms with E-state index in [9.17, 15) is 5.11 Å². The smallest absolute Gasteiger partial charge is 0.117 e. The molecule has 0 spiro atoms. The van der Waals surface area contributed by atoms with Gasteiger partial charge in [0.25, 0.3) is 0 Å². The standard InChI is InChI=1S/C13H19N3O/c14-8-4-2-1-3-5-13-15-11-7-6-10(17)9-12(11)16-13/h6-7,9,17H,1-5,8,14H2,(H,15,16). The van der Waals surface area contributed by atoms with Crippen LogP contribution in [0.3, 0.4) is 0 Å². The molecule has 2 aromatic rings. The first-order valence-corrected chi connectivity index (χ1v) is 6.17. The molecule has 0 unspecified atom stereocenters. The van der Waals surface area contributed by atoms with Crippen molar-refractivity contribution in [2.45, 2.75) is 32.1 Å². The van der Waals surface area contributed by atoms with Crippen LogP contribution in [0.2, 0.25) is 0 Å². The third-order valence-corrected chi connectivity index (χ3v) is 2.88. The van der Waals surface area contributed by atoms with Crippen LogP contribution in [0.1, 0.15) is 31.5 Å². The normalized spacial score (nSPS) is 11.1. The number of fused-ring (bicyclic) bond motifs is 1. The highest BCUT2D eigenvalue weighted by Crippen LogP contribution is 2.18. The van der Waals surface area contributed by atoms with Gasteiger partial charge in [-0.3, -0.25) is 0 Å². The average Bonchev–Trinajstić information content (AvgIpc) is 2.70. The van der Waals surface area contributed by atoms with Gasteiger partial charge in [0.1, 0.15) is 11.6 Å². The Bertz CT molecular complexity index is 478. The molecule has 0 aliphatic heterocycles. The van der Waals surface area contributed by atoms with E-state index in [1.165, 1.54) is 12.8 Å². The van der Waals surface area contributed by atoms with Gasteiger partial charge in [-0.2, -0.15) is 0 Å². The lowest BCUT2D eigenvalue weighted by atomic mass is 10.1. The first-order valence-electron chi connectivity index (χ1n) is 6.17. The van der Waals surface area contributed by atoms with E-state index in [1.807, 2.05) is 6.07 Å². The van der Waals surface area contributed by atoms with Gasteiger partial charge >= 0.3 is 0 Å². The molecule has 0 saturated heterocycles. The van der Waals surface area contributed by atoms with E-state index in [4.69, 9.17) is 5.73 Å². The molecule has 1 aromatic carbocycles. The Morgan fingerprint density at radius 3 is 2.82 bits per heavy atom. The third kappa shape index (κ3) is 3.20. The Morgan fingerprint density at radius 2 is 2.00 bits per heavy atom. The number of aromatic nitrogens is 2. The second kappa shape index (κ2) is 5.68. The van der Waals surface area contributed by atoms with Crippen molar-refractivity contribution in [1.82, 2.24) is 9.97 Å². The number of phenolic OH excluding ortho intramolecular Hbond substituents is 1. The average molecular weight is 233 g/mol. The minimum absolute atomic E-state index is 0.274. The number of aromatic amines is 1. The Kier molecular flexibility index (Phi) is 3.98. The quantitative estimate of drug-likeness (QED) is 0.670. The number of aromatic hydroxyl groups is 1. The largest absolute Gasteiger partial charge is 0.508 e. The summed E-state index contributed by atoms with van der Waals surface area (Å²) in [6, 6.07) is 5.20. The molecule has 0 radical (unpaired) electrons. The molecule has 4 nitrogen and oxygen atoms in total. The van der Waals surface area contributed by atoms with E-state index in [0.717, 1.165) is 42.7 Å². The number of H-pyrrole nitrogens is 1. The summed E-state index contributed by atoms with van der Waals surface area (Å²) in [7, 11) is 0. The molecule has 1 aromatic heterocycles. The zero-order valence-corrected chi connectivity index (χ0v) is 9.95. The number of nitrogens with two attached hydrogens (primary N) is 1. The summed E-state index contributed by atoms with van der Waals surface area (Å²) in [5.41, 5.74) is 7.27. The Hall–Kier alpha value is -1.55. The Balaban J connectivity index is 1.91. The van der Waals surface area contributed by atoms with Gasteiger partial charge in [0.05, 0.1) is 11.0 Å². The van der Waals surface area contributed by atoms with Gasteiger partial charge in [0.15, 0.2) is 0 Å². The molecule has 4 heteroatoms. The van der Waals surface area contributed by atoms with Crippen LogP contribution in [0.4, 0.5) is 0 Å². The summed E-state index contributed by atoms with van der Waals surface area (Å²) >= 11 is 0. The molecule has 0 saturated carbocycles.